The van der Waals surface area contributed by atoms with E-state index in [4.69, 9.17) is 4.74 Å². The van der Waals surface area contributed by atoms with Crippen LogP contribution in [-0.4, -0.2) is 60.5 Å². The van der Waals surface area contributed by atoms with Crippen molar-refractivity contribution in [2.75, 3.05) is 32.8 Å². The van der Waals surface area contributed by atoms with Crippen molar-refractivity contribution in [1.29, 1.82) is 0 Å². The van der Waals surface area contributed by atoms with Gasteiger partial charge in [0.15, 0.2) is 0 Å². The molecule has 0 bridgehead atoms. The number of benzene rings is 1. The third kappa shape index (κ3) is 4.15. The lowest BCUT2D eigenvalue weighted by molar-refractivity contribution is -0.146. The minimum absolute atomic E-state index is 0.0965. The Hall–Kier alpha value is -1.88. The molecule has 0 aliphatic carbocycles. The van der Waals surface area contributed by atoms with Crippen LogP contribution in [-0.2, 0) is 20.7 Å². The second kappa shape index (κ2) is 7.79. The zero-order valence-corrected chi connectivity index (χ0v) is 14.4. The van der Waals surface area contributed by atoms with Crippen LogP contribution in [0.25, 0.3) is 0 Å². The number of hydrogen-bond donors (Lipinski definition) is 0. The predicted octanol–water partition coefficient (Wildman–Crippen LogP) is 1.78. The lowest BCUT2D eigenvalue weighted by Crippen LogP contribution is -2.52. The molecule has 2 heterocycles. The fourth-order valence-corrected chi connectivity index (χ4v) is 3.32. The van der Waals surface area contributed by atoms with Gasteiger partial charge in [0.25, 0.3) is 5.91 Å². The highest BCUT2D eigenvalue weighted by Gasteiger charge is 2.31. The Kier molecular flexibility index (Phi) is 5.51. The van der Waals surface area contributed by atoms with Gasteiger partial charge in [0.1, 0.15) is 6.10 Å². The van der Waals surface area contributed by atoms with Gasteiger partial charge in [0.05, 0.1) is 0 Å². The first-order valence-electron chi connectivity index (χ1n) is 8.87. The summed E-state index contributed by atoms with van der Waals surface area (Å²) in [5.74, 6) is 0.277. The van der Waals surface area contributed by atoms with E-state index in [1.165, 1.54) is 11.1 Å². The largest absolute Gasteiger partial charge is 0.368 e. The van der Waals surface area contributed by atoms with Crippen molar-refractivity contribution in [3.63, 3.8) is 0 Å². The predicted molar refractivity (Wildman–Crippen MR) is 91.6 cm³/mol. The number of piperazine rings is 1. The molecule has 0 spiro atoms. The third-order valence-corrected chi connectivity index (χ3v) is 4.90. The standard InChI is InChI=1S/C19H26N2O3/c1-15-4-6-16(7-5-15)8-9-18(22)20-10-12-21(13-11-20)19(23)17-3-2-14-24-17/h4-7,17H,2-3,8-14H2,1H3. The van der Waals surface area contributed by atoms with Crippen molar-refractivity contribution in [1.82, 2.24) is 9.80 Å². The summed E-state index contributed by atoms with van der Waals surface area (Å²) in [6.45, 7) is 5.25. The van der Waals surface area contributed by atoms with Gasteiger partial charge in [-0.05, 0) is 31.7 Å². The molecule has 2 saturated heterocycles. The average Bonchev–Trinajstić information content (AvgIpc) is 3.15. The second-order valence-electron chi connectivity index (χ2n) is 6.69. The van der Waals surface area contributed by atoms with Gasteiger partial charge in [0.2, 0.25) is 5.91 Å². The van der Waals surface area contributed by atoms with Crippen LogP contribution in [0, 0.1) is 6.92 Å². The zero-order chi connectivity index (χ0) is 16.9. The summed E-state index contributed by atoms with van der Waals surface area (Å²) in [4.78, 5) is 28.4. The van der Waals surface area contributed by atoms with E-state index in [2.05, 4.69) is 31.2 Å². The zero-order valence-electron chi connectivity index (χ0n) is 14.4. The molecule has 0 saturated carbocycles. The van der Waals surface area contributed by atoms with Gasteiger partial charge in [-0.15, -0.1) is 0 Å². The average molecular weight is 330 g/mol. The second-order valence-corrected chi connectivity index (χ2v) is 6.69. The van der Waals surface area contributed by atoms with E-state index in [1.54, 1.807) is 0 Å². The Morgan fingerprint density at radius 3 is 2.38 bits per heavy atom. The van der Waals surface area contributed by atoms with E-state index in [-0.39, 0.29) is 17.9 Å². The highest BCUT2D eigenvalue weighted by Crippen LogP contribution is 2.16. The fourth-order valence-electron chi connectivity index (χ4n) is 3.32. The van der Waals surface area contributed by atoms with Crippen molar-refractivity contribution in [2.24, 2.45) is 0 Å². The quantitative estimate of drug-likeness (QED) is 0.845. The summed E-state index contributed by atoms with van der Waals surface area (Å²) in [5, 5.41) is 0. The van der Waals surface area contributed by atoms with Gasteiger partial charge < -0.3 is 14.5 Å². The van der Waals surface area contributed by atoms with E-state index in [9.17, 15) is 9.59 Å². The molecule has 1 aromatic carbocycles. The Labute approximate surface area is 143 Å². The third-order valence-electron chi connectivity index (χ3n) is 4.90. The summed E-state index contributed by atoms with van der Waals surface area (Å²) in [6.07, 6.45) is 2.84. The minimum Gasteiger partial charge on any atom is -0.368 e. The van der Waals surface area contributed by atoms with Crippen LogP contribution in [0.5, 0.6) is 0 Å². The first-order chi connectivity index (χ1) is 11.6. The lowest BCUT2D eigenvalue weighted by atomic mass is 10.1. The smallest absolute Gasteiger partial charge is 0.251 e. The number of nitrogens with zero attached hydrogens (tertiary/aromatic N) is 2. The van der Waals surface area contributed by atoms with Gasteiger partial charge in [0, 0.05) is 39.2 Å². The van der Waals surface area contributed by atoms with Crippen LogP contribution in [0.2, 0.25) is 0 Å². The van der Waals surface area contributed by atoms with Gasteiger partial charge in [-0.1, -0.05) is 29.8 Å². The molecule has 24 heavy (non-hydrogen) atoms. The minimum atomic E-state index is -0.256. The molecule has 2 amide bonds. The first-order valence-corrected chi connectivity index (χ1v) is 8.87. The Morgan fingerprint density at radius 2 is 1.75 bits per heavy atom. The summed E-state index contributed by atoms with van der Waals surface area (Å²) in [7, 11) is 0. The molecule has 2 aliphatic heterocycles. The molecule has 1 atom stereocenters. The molecule has 130 valence electrons. The number of ether oxygens (including phenoxy) is 1. The SMILES string of the molecule is Cc1ccc(CCC(=O)N2CCN(C(=O)C3CCCO3)CC2)cc1. The van der Waals surface area contributed by atoms with Crippen molar-refractivity contribution in [2.45, 2.75) is 38.7 Å². The fraction of sp³-hybridized carbons (Fsp3) is 0.579. The summed E-state index contributed by atoms with van der Waals surface area (Å²) in [5.41, 5.74) is 2.43. The number of aryl methyl sites for hydroxylation is 2. The number of carbonyl (C=O) groups is 2. The van der Waals surface area contributed by atoms with Crippen molar-refractivity contribution in [3.8, 4) is 0 Å². The Balaban J connectivity index is 1.43. The van der Waals surface area contributed by atoms with Crippen LogP contribution >= 0.6 is 0 Å². The van der Waals surface area contributed by atoms with Crippen molar-refractivity contribution in [3.05, 3.63) is 35.4 Å². The molecule has 2 aliphatic rings. The molecule has 2 fully saturated rings. The van der Waals surface area contributed by atoms with E-state index in [1.807, 2.05) is 9.80 Å². The molecule has 1 aromatic rings. The number of amides is 2. The van der Waals surface area contributed by atoms with Gasteiger partial charge in [-0.25, -0.2) is 0 Å². The van der Waals surface area contributed by atoms with Gasteiger partial charge in [-0.3, -0.25) is 9.59 Å². The van der Waals surface area contributed by atoms with Crippen LogP contribution in [0.1, 0.15) is 30.4 Å². The molecule has 0 aromatic heterocycles. The van der Waals surface area contributed by atoms with Gasteiger partial charge in [-0.2, -0.15) is 0 Å². The van der Waals surface area contributed by atoms with Crippen molar-refractivity contribution < 1.29 is 14.3 Å². The maximum Gasteiger partial charge on any atom is 0.251 e. The molecule has 0 radical (unpaired) electrons. The summed E-state index contributed by atoms with van der Waals surface area (Å²) in [6, 6.07) is 8.33. The van der Waals surface area contributed by atoms with Crippen molar-refractivity contribution >= 4 is 11.8 Å². The van der Waals surface area contributed by atoms with Gasteiger partial charge >= 0.3 is 0 Å². The van der Waals surface area contributed by atoms with E-state index in [0.29, 0.717) is 39.2 Å². The molecule has 5 heteroatoms. The van der Waals surface area contributed by atoms with E-state index in [0.717, 1.165) is 19.3 Å². The topological polar surface area (TPSA) is 49.9 Å². The number of hydrogen-bond acceptors (Lipinski definition) is 3. The van der Waals surface area contributed by atoms with Crippen LogP contribution < -0.4 is 0 Å². The van der Waals surface area contributed by atoms with Crippen LogP contribution in [0.15, 0.2) is 24.3 Å². The molecule has 0 N–H and O–H groups in total. The maximum atomic E-state index is 12.4. The van der Waals surface area contributed by atoms with Crippen LogP contribution in [0.3, 0.4) is 0 Å². The van der Waals surface area contributed by atoms with Crippen LogP contribution in [0.4, 0.5) is 0 Å². The molecular formula is C19H26N2O3. The van der Waals surface area contributed by atoms with E-state index < -0.39 is 0 Å². The number of carbonyl (C=O) groups excluding carboxylic acids is 2. The normalized spacial score (nSPS) is 21.1. The molecule has 5 nitrogen and oxygen atoms in total. The Bertz CT molecular complexity index is 571. The first kappa shape index (κ1) is 17.0. The van der Waals surface area contributed by atoms with E-state index >= 15 is 0 Å². The highest BCUT2D eigenvalue weighted by molar-refractivity contribution is 5.82. The molecule has 3 rings (SSSR count). The monoisotopic (exact) mass is 330 g/mol. The lowest BCUT2D eigenvalue weighted by Gasteiger charge is -2.35. The maximum absolute atomic E-state index is 12.4. The molecular weight excluding hydrogens is 304 g/mol. The number of rotatable bonds is 4. The summed E-state index contributed by atoms with van der Waals surface area (Å²) >= 11 is 0. The Morgan fingerprint density at radius 1 is 1.08 bits per heavy atom. The molecule has 1 unspecified atom stereocenters. The summed E-state index contributed by atoms with van der Waals surface area (Å²) < 4.78 is 5.47. The highest BCUT2D eigenvalue weighted by atomic mass is 16.5.